The summed E-state index contributed by atoms with van der Waals surface area (Å²) in [7, 11) is -2.50. The molecule has 0 radical (unpaired) electrons. The number of carbonyl (C=O) groups is 2. The van der Waals surface area contributed by atoms with Crippen molar-refractivity contribution in [2.45, 2.75) is 49.1 Å². The number of thiazole rings is 1. The Labute approximate surface area is 235 Å². The number of pyridine rings is 1. The van der Waals surface area contributed by atoms with Crippen LogP contribution < -0.4 is 15.4 Å². The van der Waals surface area contributed by atoms with Crippen molar-refractivity contribution in [3.63, 3.8) is 0 Å². The smallest absolute Gasteiger partial charge is 0.481 e. The highest BCUT2D eigenvalue weighted by Gasteiger charge is 2.36. The summed E-state index contributed by atoms with van der Waals surface area (Å²) < 4.78 is 37.8. The molecule has 2 aliphatic rings. The number of ether oxygens (including phenoxy) is 2. The number of carboxylic acid groups (broad SMARTS) is 1. The van der Waals surface area contributed by atoms with Gasteiger partial charge in [0.2, 0.25) is 21.8 Å². The number of nitrogens with one attached hydrogen (secondary N) is 2. The molecule has 3 N–H and O–H groups in total. The summed E-state index contributed by atoms with van der Waals surface area (Å²) in [6, 6.07) is 9.74. The topological polar surface area (TPSA) is 160 Å². The van der Waals surface area contributed by atoms with Crippen molar-refractivity contribution in [1.82, 2.24) is 19.6 Å². The van der Waals surface area contributed by atoms with Crippen LogP contribution in [-0.2, 0) is 19.6 Å². The lowest BCUT2D eigenvalue weighted by Crippen LogP contribution is -2.55. The zero-order chi connectivity index (χ0) is 28.3. The lowest BCUT2D eigenvalue weighted by molar-refractivity contribution is -0.118. The van der Waals surface area contributed by atoms with E-state index >= 15 is 0 Å². The summed E-state index contributed by atoms with van der Waals surface area (Å²) in [6.45, 7) is 0.494. The Bertz CT molecular complexity index is 1470. The number of amides is 1. The Kier molecular flexibility index (Phi) is 8.49. The van der Waals surface area contributed by atoms with Gasteiger partial charge in [-0.15, -0.1) is 0 Å². The summed E-state index contributed by atoms with van der Waals surface area (Å²) in [5.74, 6) is 0.141. The van der Waals surface area contributed by atoms with Gasteiger partial charge in [0, 0.05) is 25.7 Å². The van der Waals surface area contributed by atoms with E-state index in [1.54, 1.807) is 24.3 Å². The fourth-order valence-corrected chi connectivity index (χ4v) is 7.64. The number of aromatic nitrogens is 2. The monoisotopic (exact) mass is 589 g/mol. The van der Waals surface area contributed by atoms with Crippen molar-refractivity contribution in [2.75, 3.05) is 32.1 Å². The van der Waals surface area contributed by atoms with Gasteiger partial charge in [0.25, 0.3) is 0 Å². The van der Waals surface area contributed by atoms with Gasteiger partial charge in [0.1, 0.15) is 10.3 Å². The van der Waals surface area contributed by atoms with Crippen LogP contribution in [0.25, 0.3) is 10.3 Å². The maximum atomic E-state index is 13.6. The number of sulfonamides is 1. The van der Waals surface area contributed by atoms with E-state index in [9.17, 15) is 18.0 Å². The molecule has 1 amide bonds. The Hall–Kier alpha value is -3.33. The van der Waals surface area contributed by atoms with Crippen molar-refractivity contribution >= 4 is 48.9 Å². The first-order valence-corrected chi connectivity index (χ1v) is 15.3. The van der Waals surface area contributed by atoms with Crippen LogP contribution in [0.1, 0.15) is 43.6 Å². The first-order chi connectivity index (χ1) is 19.2. The number of anilines is 1. The predicted molar refractivity (Wildman–Crippen MR) is 148 cm³/mol. The highest BCUT2D eigenvalue weighted by atomic mass is 32.2. The Morgan fingerprint density at radius 2 is 1.93 bits per heavy atom. The van der Waals surface area contributed by atoms with Crippen LogP contribution in [0.4, 0.5) is 9.93 Å². The third-order valence-electron chi connectivity index (χ3n) is 7.30. The van der Waals surface area contributed by atoms with E-state index in [0.29, 0.717) is 45.8 Å². The van der Waals surface area contributed by atoms with E-state index in [4.69, 9.17) is 14.6 Å². The van der Waals surface area contributed by atoms with Gasteiger partial charge in [0.05, 0.1) is 17.9 Å². The third kappa shape index (κ3) is 6.19. The first kappa shape index (κ1) is 28.2. The van der Waals surface area contributed by atoms with Gasteiger partial charge < -0.3 is 25.2 Å². The number of carbonyl (C=O) groups excluding carboxylic acids is 1. The molecule has 2 atom stereocenters. The Balaban J connectivity index is 1.38. The minimum Gasteiger partial charge on any atom is -0.481 e. The van der Waals surface area contributed by atoms with Crippen molar-refractivity contribution in [3.8, 4) is 5.88 Å². The molecule has 14 heteroatoms. The molecule has 1 aliphatic carbocycles. The van der Waals surface area contributed by atoms with E-state index in [2.05, 4.69) is 20.6 Å². The number of hydrogen-bond acceptors (Lipinski definition) is 10. The van der Waals surface area contributed by atoms with E-state index < -0.39 is 28.3 Å². The van der Waals surface area contributed by atoms with Crippen LogP contribution in [0.15, 0.2) is 41.3 Å². The summed E-state index contributed by atoms with van der Waals surface area (Å²) in [4.78, 5) is 34.2. The van der Waals surface area contributed by atoms with Gasteiger partial charge in [-0.3, -0.25) is 4.79 Å². The largest absolute Gasteiger partial charge is 0.507 e. The van der Waals surface area contributed by atoms with Crippen molar-refractivity contribution in [1.29, 1.82) is 0 Å². The third-order valence-corrected chi connectivity index (χ3v) is 10.1. The van der Waals surface area contributed by atoms with Crippen LogP contribution in [0.2, 0.25) is 0 Å². The van der Waals surface area contributed by atoms with Crippen LogP contribution in [-0.4, -0.2) is 72.8 Å². The van der Waals surface area contributed by atoms with Gasteiger partial charge >= 0.3 is 6.16 Å². The molecule has 12 nitrogen and oxygen atoms in total. The lowest BCUT2D eigenvalue weighted by Gasteiger charge is -2.33. The van der Waals surface area contributed by atoms with Crippen LogP contribution in [0.3, 0.4) is 0 Å². The highest BCUT2D eigenvalue weighted by Crippen LogP contribution is 2.36. The Morgan fingerprint density at radius 1 is 1.18 bits per heavy atom. The van der Waals surface area contributed by atoms with E-state index in [1.165, 1.54) is 30.6 Å². The molecule has 1 unspecified atom stereocenters. The van der Waals surface area contributed by atoms with E-state index in [1.807, 2.05) is 0 Å². The molecule has 1 saturated carbocycles. The minimum absolute atomic E-state index is 0.00311. The minimum atomic E-state index is -4.03. The highest BCUT2D eigenvalue weighted by molar-refractivity contribution is 7.89. The lowest BCUT2D eigenvalue weighted by atomic mass is 9.87. The zero-order valence-corrected chi connectivity index (χ0v) is 23.5. The van der Waals surface area contributed by atoms with E-state index in [0.717, 1.165) is 30.0 Å². The van der Waals surface area contributed by atoms with Gasteiger partial charge in [-0.05, 0) is 36.1 Å². The number of rotatable bonds is 9. The number of hydrogen-bond donors (Lipinski definition) is 3. The molecule has 1 saturated heterocycles. The molecule has 2 aromatic heterocycles. The normalized spacial score (nSPS) is 19.4. The number of nitrogens with zero attached hydrogens (tertiary/aromatic N) is 3. The fraction of sp³-hybridized carbons (Fsp3) is 0.462. The second-order valence-corrected chi connectivity index (χ2v) is 12.7. The van der Waals surface area contributed by atoms with Gasteiger partial charge in [-0.25, -0.2) is 23.2 Å². The molecule has 3 aromatic rings. The molecule has 1 aromatic carbocycles. The summed E-state index contributed by atoms with van der Waals surface area (Å²) in [5.41, 5.74) is 1.35. The Morgan fingerprint density at radius 3 is 2.62 bits per heavy atom. The maximum absolute atomic E-state index is 13.6. The van der Waals surface area contributed by atoms with Crippen molar-refractivity contribution < 1.29 is 32.6 Å². The van der Waals surface area contributed by atoms with Crippen molar-refractivity contribution in [2.24, 2.45) is 5.92 Å². The van der Waals surface area contributed by atoms with Crippen molar-refractivity contribution in [3.05, 3.63) is 42.0 Å². The number of benzene rings is 1. The molecule has 40 heavy (non-hydrogen) atoms. The average Bonchev–Trinajstić information content (AvgIpc) is 3.60. The molecule has 214 valence electrons. The molecule has 2 fully saturated rings. The van der Waals surface area contributed by atoms with Gasteiger partial charge in [0.15, 0.2) is 11.4 Å². The summed E-state index contributed by atoms with van der Waals surface area (Å²) in [5, 5.41) is 15.4. The van der Waals surface area contributed by atoms with Crippen LogP contribution in [0.5, 0.6) is 5.88 Å². The van der Waals surface area contributed by atoms with E-state index in [-0.39, 0.29) is 23.9 Å². The second-order valence-electron chi connectivity index (χ2n) is 9.85. The van der Waals surface area contributed by atoms with Crippen LogP contribution in [0, 0.1) is 5.92 Å². The second kappa shape index (κ2) is 12.0. The average molecular weight is 590 g/mol. The van der Waals surface area contributed by atoms with Gasteiger partial charge in [-0.2, -0.15) is 4.31 Å². The molecule has 5 rings (SSSR count). The fourth-order valence-electron chi connectivity index (χ4n) is 5.29. The zero-order valence-electron chi connectivity index (χ0n) is 21.9. The summed E-state index contributed by atoms with van der Waals surface area (Å²) >= 11 is 1.26. The maximum Gasteiger partial charge on any atom is 0.507 e. The predicted octanol–water partition coefficient (Wildman–Crippen LogP) is 3.62. The number of piperazine rings is 1. The quantitative estimate of drug-likeness (QED) is 0.315. The first-order valence-electron chi connectivity index (χ1n) is 13.1. The molecule has 0 bridgehead atoms. The molecular formula is C26H31N5O7S2. The standard InChI is InChI=1S/C26H31N5O7S2/c1-37-21-11-10-20-24(29-21)39-25(28-20)30-23(32)19(14-16-4-2-3-5-16)17-6-8-18(9-7-17)40(35,36)31-13-12-27-15-22(31)38-26(33)34/h6-11,16,19,22,27H,2-5,12-15H2,1H3,(H,33,34)(H,28,30,32)/t19-,22?/m1/s1. The summed E-state index contributed by atoms with van der Waals surface area (Å²) in [6.07, 6.45) is 2.29. The van der Waals surface area contributed by atoms with Gasteiger partial charge in [-0.1, -0.05) is 49.2 Å². The molecule has 1 aliphatic heterocycles. The molecule has 0 spiro atoms. The SMILES string of the molecule is COc1ccc2nc(NC(=O)[C@H](CC3CCCC3)c3ccc(S(=O)(=O)N4CCNCC4OC(=O)O)cc3)sc2n1. The molecular weight excluding hydrogens is 558 g/mol. The molecule has 3 heterocycles. The number of fused-ring (bicyclic) bond motifs is 1. The number of methoxy groups -OCH3 is 1. The van der Waals surface area contributed by atoms with Crippen LogP contribution >= 0.6 is 11.3 Å².